The minimum absolute atomic E-state index is 0.511. The van der Waals surface area contributed by atoms with E-state index in [1.165, 1.54) is 5.56 Å². The SMILES string of the molecule is Cc1ccc2nc(N)n(CCc3nc(C)no3)c2c1. The maximum absolute atomic E-state index is 5.96. The summed E-state index contributed by atoms with van der Waals surface area (Å²) in [6.45, 7) is 4.53. The minimum atomic E-state index is 0.511. The highest BCUT2D eigenvalue weighted by molar-refractivity contribution is 5.79. The number of aromatic nitrogens is 4. The van der Waals surface area contributed by atoms with Crippen molar-refractivity contribution in [2.24, 2.45) is 0 Å². The van der Waals surface area contributed by atoms with Gasteiger partial charge in [-0.25, -0.2) is 4.98 Å². The smallest absolute Gasteiger partial charge is 0.228 e. The molecular weight excluding hydrogens is 242 g/mol. The number of benzene rings is 1. The number of rotatable bonds is 3. The second-order valence-electron chi connectivity index (χ2n) is 4.60. The largest absolute Gasteiger partial charge is 0.369 e. The molecule has 0 aliphatic rings. The van der Waals surface area contributed by atoms with E-state index in [2.05, 4.69) is 21.2 Å². The first-order valence-electron chi connectivity index (χ1n) is 6.15. The fraction of sp³-hybridized carbons (Fsp3) is 0.308. The molecule has 19 heavy (non-hydrogen) atoms. The molecule has 98 valence electrons. The van der Waals surface area contributed by atoms with E-state index in [1.807, 2.05) is 23.6 Å². The molecule has 0 radical (unpaired) electrons. The third kappa shape index (κ3) is 2.16. The number of imidazole rings is 1. The topological polar surface area (TPSA) is 82.8 Å². The molecule has 0 spiro atoms. The van der Waals surface area contributed by atoms with Crippen LogP contribution >= 0.6 is 0 Å². The van der Waals surface area contributed by atoms with Gasteiger partial charge >= 0.3 is 0 Å². The van der Waals surface area contributed by atoms with Gasteiger partial charge in [0.15, 0.2) is 5.82 Å². The van der Waals surface area contributed by atoms with Gasteiger partial charge in [-0.3, -0.25) is 0 Å². The standard InChI is InChI=1S/C13H15N5O/c1-8-3-4-10-11(7-8)18(13(14)16-10)6-5-12-15-9(2)17-19-12/h3-4,7H,5-6H2,1-2H3,(H2,14,16). The van der Waals surface area contributed by atoms with E-state index < -0.39 is 0 Å². The fourth-order valence-electron chi connectivity index (χ4n) is 2.14. The van der Waals surface area contributed by atoms with E-state index in [9.17, 15) is 0 Å². The molecule has 0 saturated heterocycles. The molecule has 0 aliphatic heterocycles. The summed E-state index contributed by atoms with van der Waals surface area (Å²) in [6.07, 6.45) is 0.643. The minimum Gasteiger partial charge on any atom is -0.369 e. The molecule has 0 aliphatic carbocycles. The van der Waals surface area contributed by atoms with Crippen LogP contribution in [0.1, 0.15) is 17.3 Å². The highest BCUT2D eigenvalue weighted by Gasteiger charge is 2.10. The zero-order valence-electron chi connectivity index (χ0n) is 10.9. The summed E-state index contributed by atoms with van der Waals surface area (Å²) in [7, 11) is 0. The molecule has 0 bridgehead atoms. The second-order valence-corrected chi connectivity index (χ2v) is 4.60. The molecule has 2 N–H and O–H groups in total. The lowest BCUT2D eigenvalue weighted by molar-refractivity contribution is 0.369. The normalized spacial score (nSPS) is 11.3. The van der Waals surface area contributed by atoms with Crippen molar-refractivity contribution in [2.75, 3.05) is 5.73 Å². The molecule has 2 aromatic heterocycles. The lowest BCUT2D eigenvalue weighted by atomic mass is 10.2. The molecule has 1 aromatic carbocycles. The Morgan fingerprint density at radius 3 is 2.84 bits per heavy atom. The van der Waals surface area contributed by atoms with Crippen molar-refractivity contribution in [3.8, 4) is 0 Å². The van der Waals surface area contributed by atoms with Gasteiger partial charge in [0.05, 0.1) is 11.0 Å². The molecule has 3 aromatic rings. The number of hydrogen-bond donors (Lipinski definition) is 1. The summed E-state index contributed by atoms with van der Waals surface area (Å²) < 4.78 is 7.08. The number of anilines is 1. The van der Waals surface area contributed by atoms with Gasteiger partial charge in [-0.15, -0.1) is 0 Å². The van der Waals surface area contributed by atoms with Crippen LogP contribution < -0.4 is 5.73 Å². The number of hydrogen-bond acceptors (Lipinski definition) is 5. The van der Waals surface area contributed by atoms with Gasteiger partial charge in [0.25, 0.3) is 0 Å². The van der Waals surface area contributed by atoms with Gasteiger partial charge in [0, 0.05) is 13.0 Å². The number of nitrogens with two attached hydrogens (primary N) is 1. The van der Waals surface area contributed by atoms with Crippen molar-refractivity contribution in [1.29, 1.82) is 0 Å². The molecule has 0 atom stereocenters. The van der Waals surface area contributed by atoms with Crippen LogP contribution in [0.3, 0.4) is 0 Å². The Hall–Kier alpha value is -2.37. The van der Waals surface area contributed by atoms with Crippen molar-refractivity contribution >= 4 is 17.0 Å². The van der Waals surface area contributed by atoms with Crippen LogP contribution in [0.2, 0.25) is 0 Å². The maximum atomic E-state index is 5.96. The van der Waals surface area contributed by atoms with Gasteiger partial charge < -0.3 is 14.8 Å². The van der Waals surface area contributed by atoms with Crippen LogP contribution in [0.5, 0.6) is 0 Å². The summed E-state index contributed by atoms with van der Waals surface area (Å²) in [5.74, 6) is 1.78. The fourth-order valence-corrected chi connectivity index (χ4v) is 2.14. The Balaban J connectivity index is 1.91. The van der Waals surface area contributed by atoms with Crippen molar-refractivity contribution < 1.29 is 4.52 Å². The zero-order chi connectivity index (χ0) is 13.4. The quantitative estimate of drug-likeness (QED) is 0.774. The van der Waals surface area contributed by atoms with Crippen LogP contribution in [0.15, 0.2) is 22.7 Å². The van der Waals surface area contributed by atoms with Gasteiger partial charge in [0.1, 0.15) is 0 Å². The summed E-state index contributed by atoms with van der Waals surface area (Å²) in [6, 6.07) is 6.09. The van der Waals surface area contributed by atoms with Crippen molar-refractivity contribution in [3.63, 3.8) is 0 Å². The average molecular weight is 257 g/mol. The monoisotopic (exact) mass is 257 g/mol. The molecule has 0 saturated carbocycles. The van der Waals surface area contributed by atoms with Gasteiger partial charge in [-0.1, -0.05) is 11.2 Å². The van der Waals surface area contributed by atoms with Crippen molar-refractivity contribution in [3.05, 3.63) is 35.5 Å². The first kappa shape index (κ1) is 11.7. The predicted molar refractivity (Wildman–Crippen MR) is 71.6 cm³/mol. The van der Waals surface area contributed by atoms with E-state index >= 15 is 0 Å². The van der Waals surface area contributed by atoms with E-state index in [1.54, 1.807) is 6.92 Å². The second kappa shape index (κ2) is 4.38. The van der Waals surface area contributed by atoms with E-state index in [0.717, 1.165) is 11.0 Å². The molecule has 3 rings (SSSR count). The van der Waals surface area contributed by atoms with E-state index in [0.29, 0.717) is 30.6 Å². The molecule has 0 unspecified atom stereocenters. The van der Waals surface area contributed by atoms with Crippen LogP contribution in [0.4, 0.5) is 5.95 Å². The van der Waals surface area contributed by atoms with Gasteiger partial charge in [-0.2, -0.15) is 4.98 Å². The molecule has 0 amide bonds. The van der Waals surface area contributed by atoms with Crippen LogP contribution in [0.25, 0.3) is 11.0 Å². The number of fused-ring (bicyclic) bond motifs is 1. The third-order valence-corrected chi connectivity index (χ3v) is 3.05. The van der Waals surface area contributed by atoms with Gasteiger partial charge in [0.2, 0.25) is 11.8 Å². The van der Waals surface area contributed by atoms with Gasteiger partial charge in [-0.05, 0) is 31.5 Å². The first-order valence-corrected chi connectivity index (χ1v) is 6.15. The Kier molecular flexibility index (Phi) is 2.70. The average Bonchev–Trinajstić information content (AvgIpc) is 2.90. The predicted octanol–water partition coefficient (Wildman–Crippen LogP) is 1.86. The van der Waals surface area contributed by atoms with Crippen molar-refractivity contribution in [1.82, 2.24) is 19.7 Å². The van der Waals surface area contributed by atoms with Crippen molar-refractivity contribution in [2.45, 2.75) is 26.8 Å². The number of nitrogen functional groups attached to an aromatic ring is 1. The first-order chi connectivity index (χ1) is 9.13. The Labute approximate surface area is 110 Å². The maximum Gasteiger partial charge on any atom is 0.228 e. The lowest BCUT2D eigenvalue weighted by Gasteiger charge is -2.04. The Bertz CT molecular complexity index is 728. The summed E-state index contributed by atoms with van der Waals surface area (Å²) in [5.41, 5.74) is 9.08. The number of aryl methyl sites for hydroxylation is 4. The molecule has 2 heterocycles. The zero-order valence-corrected chi connectivity index (χ0v) is 10.9. The van der Waals surface area contributed by atoms with E-state index in [4.69, 9.17) is 10.3 Å². The highest BCUT2D eigenvalue weighted by atomic mass is 16.5. The van der Waals surface area contributed by atoms with Crippen LogP contribution in [0, 0.1) is 13.8 Å². The van der Waals surface area contributed by atoms with Crippen LogP contribution in [-0.2, 0) is 13.0 Å². The molecule has 6 nitrogen and oxygen atoms in total. The summed E-state index contributed by atoms with van der Waals surface area (Å²) in [5, 5.41) is 3.77. The van der Waals surface area contributed by atoms with E-state index in [-0.39, 0.29) is 0 Å². The summed E-state index contributed by atoms with van der Waals surface area (Å²) in [4.78, 5) is 8.53. The lowest BCUT2D eigenvalue weighted by Crippen LogP contribution is -2.06. The molecule has 6 heteroatoms. The highest BCUT2D eigenvalue weighted by Crippen LogP contribution is 2.19. The van der Waals surface area contributed by atoms with Crippen LogP contribution in [-0.4, -0.2) is 19.7 Å². The third-order valence-electron chi connectivity index (χ3n) is 3.05. The molecular formula is C13H15N5O. The Morgan fingerprint density at radius 1 is 1.26 bits per heavy atom. The molecule has 0 fully saturated rings. The number of nitrogens with zero attached hydrogens (tertiary/aromatic N) is 4. The Morgan fingerprint density at radius 2 is 2.11 bits per heavy atom. The summed E-state index contributed by atoms with van der Waals surface area (Å²) >= 11 is 0.